The van der Waals surface area contributed by atoms with Gasteiger partial charge in [-0.2, -0.15) is 0 Å². The van der Waals surface area contributed by atoms with Crippen molar-refractivity contribution in [3.05, 3.63) is 40.1 Å². The van der Waals surface area contributed by atoms with Gasteiger partial charge in [-0.25, -0.2) is 18.9 Å². The van der Waals surface area contributed by atoms with E-state index in [9.17, 15) is 19.1 Å². The Kier molecular flexibility index (Phi) is 5.04. The minimum absolute atomic E-state index is 0. The molecule has 10 nitrogen and oxygen atoms in total. The van der Waals surface area contributed by atoms with Crippen LogP contribution in [-0.4, -0.2) is 54.8 Å². The topological polar surface area (TPSA) is 132 Å². The van der Waals surface area contributed by atoms with Gasteiger partial charge in [-0.15, -0.1) is 17.5 Å². The van der Waals surface area contributed by atoms with Crippen molar-refractivity contribution in [3.8, 4) is 5.82 Å². The van der Waals surface area contributed by atoms with Crippen LogP contribution in [0.5, 0.6) is 0 Å². The molecular weight excluding hydrogens is 393 g/mol. The van der Waals surface area contributed by atoms with Gasteiger partial charge in [0.25, 0.3) is 0 Å². The van der Waals surface area contributed by atoms with E-state index in [2.05, 4.69) is 15.3 Å². The summed E-state index contributed by atoms with van der Waals surface area (Å²) in [5.74, 6) is -1.67. The van der Waals surface area contributed by atoms with E-state index in [0.717, 1.165) is 12.3 Å². The molecule has 28 heavy (non-hydrogen) atoms. The Morgan fingerprint density at radius 1 is 1.43 bits per heavy atom. The molecule has 3 N–H and O–H groups in total. The third-order valence-electron chi connectivity index (χ3n) is 4.61. The number of hydrogen-bond donors (Lipinski definition) is 2. The van der Waals surface area contributed by atoms with Gasteiger partial charge < -0.3 is 15.7 Å². The summed E-state index contributed by atoms with van der Waals surface area (Å²) in [5, 5.41) is 16.8. The van der Waals surface area contributed by atoms with Gasteiger partial charge in [0.15, 0.2) is 23.1 Å². The van der Waals surface area contributed by atoms with Crippen LogP contribution < -0.4 is 16.1 Å². The number of anilines is 1. The molecule has 1 aliphatic heterocycles. The molecule has 0 aromatic carbocycles. The SMILES string of the molecule is Cl.Cn1nncc1-n1cc(C(=O)O)c(=O)c2cc(F)c(N3CC[C@H](N)C3)nc21. The van der Waals surface area contributed by atoms with Gasteiger partial charge in [0.05, 0.1) is 11.6 Å². The third-order valence-corrected chi connectivity index (χ3v) is 4.61. The Bertz CT molecular complexity index is 1130. The van der Waals surface area contributed by atoms with Crippen molar-refractivity contribution >= 4 is 35.2 Å². The lowest BCUT2D eigenvalue weighted by Gasteiger charge is -2.19. The average molecular weight is 410 g/mol. The predicted octanol–water partition coefficient (Wildman–Crippen LogP) is 0.311. The fourth-order valence-electron chi connectivity index (χ4n) is 3.25. The van der Waals surface area contributed by atoms with Gasteiger partial charge in [-0.3, -0.25) is 9.36 Å². The molecule has 0 amide bonds. The first-order chi connectivity index (χ1) is 12.9. The molecule has 1 saturated heterocycles. The molecule has 0 aliphatic carbocycles. The van der Waals surface area contributed by atoms with E-state index in [0.29, 0.717) is 25.3 Å². The molecule has 4 heterocycles. The van der Waals surface area contributed by atoms with Crippen LogP contribution in [-0.2, 0) is 7.05 Å². The molecule has 3 aromatic heterocycles. The minimum Gasteiger partial charge on any atom is -0.477 e. The van der Waals surface area contributed by atoms with Crippen molar-refractivity contribution in [3.63, 3.8) is 0 Å². The van der Waals surface area contributed by atoms with E-state index >= 15 is 0 Å². The van der Waals surface area contributed by atoms with Crippen LogP contribution in [0.1, 0.15) is 16.8 Å². The highest BCUT2D eigenvalue weighted by atomic mass is 35.5. The number of aromatic nitrogens is 5. The second kappa shape index (κ2) is 7.17. The van der Waals surface area contributed by atoms with Gasteiger partial charge in [0.1, 0.15) is 5.56 Å². The van der Waals surface area contributed by atoms with Gasteiger partial charge in [-0.1, -0.05) is 5.21 Å². The summed E-state index contributed by atoms with van der Waals surface area (Å²) in [7, 11) is 1.61. The molecule has 1 aliphatic rings. The number of aromatic carboxylic acids is 1. The highest BCUT2D eigenvalue weighted by molar-refractivity contribution is 5.92. The summed E-state index contributed by atoms with van der Waals surface area (Å²) < 4.78 is 17.5. The third kappa shape index (κ3) is 3.08. The molecule has 0 saturated carbocycles. The molecule has 1 atom stereocenters. The van der Waals surface area contributed by atoms with E-state index in [1.165, 1.54) is 15.4 Å². The van der Waals surface area contributed by atoms with Crippen LogP contribution in [0.25, 0.3) is 16.9 Å². The summed E-state index contributed by atoms with van der Waals surface area (Å²) in [6.07, 6.45) is 3.25. The average Bonchev–Trinajstić information content (AvgIpc) is 3.23. The number of hydrogen-bond acceptors (Lipinski definition) is 7. The first kappa shape index (κ1) is 19.7. The second-order valence-corrected chi connectivity index (χ2v) is 6.42. The first-order valence-electron chi connectivity index (χ1n) is 8.21. The first-order valence-corrected chi connectivity index (χ1v) is 8.21. The van der Waals surface area contributed by atoms with Gasteiger partial charge in [-0.05, 0) is 12.5 Å². The quantitative estimate of drug-likeness (QED) is 0.631. The Labute approximate surface area is 163 Å². The maximum atomic E-state index is 14.7. The molecular formula is C16H17ClFN7O3. The number of rotatable bonds is 3. The van der Waals surface area contributed by atoms with Crippen molar-refractivity contribution in [1.82, 2.24) is 24.5 Å². The van der Waals surface area contributed by atoms with Crippen molar-refractivity contribution < 1.29 is 14.3 Å². The zero-order valence-electron chi connectivity index (χ0n) is 14.7. The fourth-order valence-corrected chi connectivity index (χ4v) is 3.25. The van der Waals surface area contributed by atoms with Crippen LogP contribution in [0.3, 0.4) is 0 Å². The zero-order chi connectivity index (χ0) is 19.3. The number of nitrogens with zero attached hydrogens (tertiary/aromatic N) is 6. The molecule has 0 unspecified atom stereocenters. The molecule has 0 bridgehead atoms. The molecule has 0 spiro atoms. The van der Waals surface area contributed by atoms with Crippen LogP contribution >= 0.6 is 12.4 Å². The number of halogens is 2. The van der Waals surface area contributed by atoms with Gasteiger partial charge >= 0.3 is 5.97 Å². The summed E-state index contributed by atoms with van der Waals surface area (Å²) in [6, 6.07) is 0.941. The van der Waals surface area contributed by atoms with E-state index < -0.39 is 22.8 Å². The highest BCUT2D eigenvalue weighted by Crippen LogP contribution is 2.25. The Morgan fingerprint density at radius 2 is 2.18 bits per heavy atom. The van der Waals surface area contributed by atoms with Crippen LogP contribution in [0.2, 0.25) is 0 Å². The summed E-state index contributed by atoms with van der Waals surface area (Å²) >= 11 is 0. The number of fused-ring (bicyclic) bond motifs is 1. The van der Waals surface area contributed by atoms with E-state index in [-0.39, 0.29) is 35.3 Å². The van der Waals surface area contributed by atoms with Crippen molar-refractivity contribution in [2.75, 3.05) is 18.0 Å². The smallest absolute Gasteiger partial charge is 0.341 e. The minimum atomic E-state index is -1.42. The lowest BCUT2D eigenvalue weighted by atomic mass is 10.2. The van der Waals surface area contributed by atoms with E-state index in [1.54, 1.807) is 11.9 Å². The predicted molar refractivity (Wildman–Crippen MR) is 101 cm³/mol. The standard InChI is InChI=1S/C16H16FN7O3.ClH/c1-22-12(5-19-21-22)24-7-10(16(26)27)13(25)9-4-11(17)15(20-14(9)24)23-3-2-8(18)6-23;/h4-5,7-8H,2-3,6,18H2,1H3,(H,26,27);1H/t8-;/m0./s1. The maximum absolute atomic E-state index is 14.7. The lowest BCUT2D eigenvalue weighted by molar-refractivity contribution is 0.0695. The highest BCUT2D eigenvalue weighted by Gasteiger charge is 2.26. The zero-order valence-corrected chi connectivity index (χ0v) is 15.6. The number of carboxylic acid groups (broad SMARTS) is 1. The van der Waals surface area contributed by atoms with Crippen molar-refractivity contribution in [1.29, 1.82) is 0 Å². The van der Waals surface area contributed by atoms with Crippen molar-refractivity contribution in [2.24, 2.45) is 12.8 Å². The molecule has 4 rings (SSSR count). The normalized spacial score (nSPS) is 16.4. The van der Waals surface area contributed by atoms with E-state index in [4.69, 9.17) is 5.73 Å². The number of pyridine rings is 2. The van der Waals surface area contributed by atoms with Crippen LogP contribution in [0, 0.1) is 5.82 Å². The number of nitrogens with two attached hydrogens (primary N) is 1. The largest absolute Gasteiger partial charge is 0.477 e. The molecule has 1 fully saturated rings. The summed E-state index contributed by atoms with van der Waals surface area (Å²) in [6.45, 7) is 0.988. The Morgan fingerprint density at radius 3 is 2.75 bits per heavy atom. The van der Waals surface area contributed by atoms with Crippen molar-refractivity contribution in [2.45, 2.75) is 12.5 Å². The second-order valence-electron chi connectivity index (χ2n) is 6.42. The lowest BCUT2D eigenvalue weighted by Crippen LogP contribution is -2.28. The van der Waals surface area contributed by atoms with Gasteiger partial charge in [0, 0.05) is 32.4 Å². The number of carboxylic acids is 1. The van der Waals surface area contributed by atoms with Crippen LogP contribution in [0.15, 0.2) is 23.3 Å². The van der Waals surface area contributed by atoms with Crippen LogP contribution in [0.4, 0.5) is 10.2 Å². The summed E-state index contributed by atoms with van der Waals surface area (Å²) in [5.41, 5.74) is 4.71. The van der Waals surface area contributed by atoms with Gasteiger partial charge in [0.2, 0.25) is 5.43 Å². The number of aryl methyl sites for hydroxylation is 1. The molecule has 0 radical (unpaired) electrons. The molecule has 12 heteroatoms. The Hall–Kier alpha value is -3.05. The summed E-state index contributed by atoms with van der Waals surface area (Å²) in [4.78, 5) is 30.1. The monoisotopic (exact) mass is 409 g/mol. The molecule has 148 valence electrons. The van der Waals surface area contributed by atoms with E-state index in [1.807, 2.05) is 0 Å². The maximum Gasteiger partial charge on any atom is 0.341 e. The number of carbonyl (C=O) groups is 1. The fraction of sp³-hybridized carbons (Fsp3) is 0.312. The molecule has 3 aromatic rings. The Balaban J connectivity index is 0.00000225.